The Morgan fingerprint density at radius 1 is 1.26 bits per heavy atom. The van der Waals surface area contributed by atoms with E-state index in [2.05, 4.69) is 43.2 Å². The van der Waals surface area contributed by atoms with Crippen LogP contribution in [0.4, 0.5) is 0 Å². The van der Waals surface area contributed by atoms with Gasteiger partial charge in [-0.25, -0.2) is 0 Å². The molecule has 0 aromatic carbocycles. The highest BCUT2D eigenvalue weighted by molar-refractivity contribution is 5.25. The van der Waals surface area contributed by atoms with Crippen molar-refractivity contribution in [3.8, 4) is 0 Å². The maximum atomic E-state index is 5.54. The molecule has 0 radical (unpaired) electrons. The van der Waals surface area contributed by atoms with E-state index < -0.39 is 0 Å². The van der Waals surface area contributed by atoms with Crippen molar-refractivity contribution >= 4 is 0 Å². The first-order valence-electron chi connectivity index (χ1n) is 6.91. The first kappa shape index (κ1) is 13.8. The van der Waals surface area contributed by atoms with Crippen molar-refractivity contribution in [2.24, 2.45) is 0 Å². The van der Waals surface area contributed by atoms with E-state index in [4.69, 9.17) is 4.42 Å². The molecule has 0 fully saturated rings. The van der Waals surface area contributed by atoms with Crippen LogP contribution in [0.25, 0.3) is 0 Å². The van der Waals surface area contributed by atoms with E-state index in [9.17, 15) is 0 Å². The van der Waals surface area contributed by atoms with Gasteiger partial charge in [0.25, 0.3) is 0 Å². The predicted octanol–water partition coefficient (Wildman–Crippen LogP) is 3.33. The number of furan rings is 1. The van der Waals surface area contributed by atoms with Crippen LogP contribution in [0.15, 0.2) is 35.1 Å². The van der Waals surface area contributed by atoms with Crippen LogP contribution in [0.2, 0.25) is 0 Å². The largest absolute Gasteiger partial charge is 0.468 e. The number of aromatic nitrogens is 1. The summed E-state index contributed by atoms with van der Waals surface area (Å²) in [6.07, 6.45) is 5.58. The fraction of sp³-hybridized carbons (Fsp3) is 0.438. The van der Waals surface area contributed by atoms with Gasteiger partial charge >= 0.3 is 0 Å². The molecule has 0 bridgehead atoms. The van der Waals surface area contributed by atoms with Crippen molar-refractivity contribution in [3.05, 3.63) is 53.2 Å². The third kappa shape index (κ3) is 3.93. The number of nitrogens with zero attached hydrogens (tertiary/aromatic N) is 1. The molecule has 2 aromatic heterocycles. The minimum absolute atomic E-state index is 0.458. The molecule has 0 saturated carbocycles. The summed E-state index contributed by atoms with van der Waals surface area (Å²) < 4.78 is 5.54. The van der Waals surface area contributed by atoms with Crippen LogP contribution in [-0.2, 0) is 19.4 Å². The third-order valence-corrected chi connectivity index (χ3v) is 3.17. The van der Waals surface area contributed by atoms with E-state index in [1.165, 1.54) is 11.1 Å². The van der Waals surface area contributed by atoms with Crippen LogP contribution in [0.1, 0.15) is 43.4 Å². The molecule has 3 nitrogen and oxygen atoms in total. The molecule has 1 N–H and O–H groups in total. The Labute approximate surface area is 115 Å². The lowest BCUT2D eigenvalue weighted by atomic mass is 10.1. The van der Waals surface area contributed by atoms with Gasteiger partial charge in [0.2, 0.25) is 0 Å². The first-order valence-corrected chi connectivity index (χ1v) is 6.91. The number of hydrogen-bond acceptors (Lipinski definition) is 3. The van der Waals surface area contributed by atoms with Gasteiger partial charge in [0.15, 0.2) is 0 Å². The minimum Gasteiger partial charge on any atom is -0.468 e. The zero-order valence-corrected chi connectivity index (χ0v) is 11.9. The molecule has 0 atom stereocenters. The van der Waals surface area contributed by atoms with Crippen LogP contribution < -0.4 is 5.32 Å². The maximum Gasteiger partial charge on any atom is 0.121 e. The second kappa shape index (κ2) is 6.53. The third-order valence-electron chi connectivity index (χ3n) is 3.17. The quantitative estimate of drug-likeness (QED) is 0.863. The van der Waals surface area contributed by atoms with E-state index in [1.807, 2.05) is 12.3 Å². The monoisotopic (exact) mass is 258 g/mol. The number of pyridine rings is 1. The van der Waals surface area contributed by atoms with Gasteiger partial charge in [0.05, 0.1) is 12.8 Å². The highest BCUT2D eigenvalue weighted by atomic mass is 16.3. The highest BCUT2D eigenvalue weighted by Gasteiger charge is 2.08. The molecule has 0 amide bonds. The van der Waals surface area contributed by atoms with Crippen molar-refractivity contribution in [1.29, 1.82) is 0 Å². The lowest BCUT2D eigenvalue weighted by Gasteiger charge is -2.08. The molecule has 3 heteroatoms. The predicted molar refractivity (Wildman–Crippen MR) is 77.1 cm³/mol. The van der Waals surface area contributed by atoms with Gasteiger partial charge in [-0.15, -0.1) is 0 Å². The maximum absolute atomic E-state index is 5.54. The Bertz CT molecular complexity index is 500. The summed E-state index contributed by atoms with van der Waals surface area (Å²) in [5.41, 5.74) is 3.58. The summed E-state index contributed by atoms with van der Waals surface area (Å²) in [6.45, 7) is 7.18. The number of aryl methyl sites for hydroxylation is 1. The Kier molecular flexibility index (Phi) is 4.74. The van der Waals surface area contributed by atoms with Crippen molar-refractivity contribution in [2.75, 3.05) is 0 Å². The Balaban J connectivity index is 2.03. The topological polar surface area (TPSA) is 38.1 Å². The molecular weight excluding hydrogens is 236 g/mol. The SMILES string of the molecule is CCc1ccc(Cc2ccoc2CNC(C)C)nc1. The van der Waals surface area contributed by atoms with Crippen molar-refractivity contribution < 1.29 is 4.42 Å². The summed E-state index contributed by atoms with van der Waals surface area (Å²) in [5.74, 6) is 1.01. The molecule has 2 heterocycles. The average molecular weight is 258 g/mol. The Hall–Kier alpha value is -1.61. The number of hydrogen-bond donors (Lipinski definition) is 1. The zero-order valence-electron chi connectivity index (χ0n) is 11.9. The van der Waals surface area contributed by atoms with Crippen LogP contribution in [0, 0.1) is 0 Å². The van der Waals surface area contributed by atoms with Crippen LogP contribution in [-0.4, -0.2) is 11.0 Å². The molecule has 0 aliphatic heterocycles. The van der Waals surface area contributed by atoms with E-state index in [0.717, 1.165) is 30.8 Å². The van der Waals surface area contributed by atoms with Crippen LogP contribution in [0.3, 0.4) is 0 Å². The standard InChI is InChI=1S/C16H22N2O/c1-4-13-5-6-15(18-10-13)9-14-7-8-19-16(14)11-17-12(2)3/h5-8,10,12,17H,4,9,11H2,1-3H3. The average Bonchev–Trinajstić information content (AvgIpc) is 2.84. The van der Waals surface area contributed by atoms with Crippen molar-refractivity contribution in [3.63, 3.8) is 0 Å². The van der Waals surface area contributed by atoms with E-state index in [1.54, 1.807) is 6.26 Å². The highest BCUT2D eigenvalue weighted by Crippen LogP contribution is 2.15. The van der Waals surface area contributed by atoms with E-state index >= 15 is 0 Å². The van der Waals surface area contributed by atoms with E-state index in [-0.39, 0.29) is 0 Å². The minimum atomic E-state index is 0.458. The molecule has 102 valence electrons. The molecule has 2 aromatic rings. The fourth-order valence-corrected chi connectivity index (χ4v) is 1.94. The van der Waals surface area contributed by atoms with Gasteiger partial charge in [0, 0.05) is 29.9 Å². The summed E-state index contributed by atoms with van der Waals surface area (Å²) in [5, 5.41) is 3.38. The summed E-state index contributed by atoms with van der Waals surface area (Å²) in [7, 11) is 0. The first-order chi connectivity index (χ1) is 9.19. The summed E-state index contributed by atoms with van der Waals surface area (Å²) in [4.78, 5) is 4.50. The summed E-state index contributed by atoms with van der Waals surface area (Å²) >= 11 is 0. The van der Waals surface area contributed by atoms with Gasteiger partial charge in [-0.05, 0) is 24.1 Å². The number of nitrogens with one attached hydrogen (secondary N) is 1. The molecular formula is C16H22N2O. The van der Waals surface area contributed by atoms with Crippen molar-refractivity contribution in [1.82, 2.24) is 10.3 Å². The fourth-order valence-electron chi connectivity index (χ4n) is 1.94. The second-order valence-electron chi connectivity index (χ2n) is 5.09. The lowest BCUT2D eigenvalue weighted by Crippen LogP contribution is -2.22. The van der Waals surface area contributed by atoms with Gasteiger partial charge in [0.1, 0.15) is 5.76 Å². The molecule has 2 rings (SSSR count). The Morgan fingerprint density at radius 3 is 2.74 bits per heavy atom. The zero-order chi connectivity index (χ0) is 13.7. The Morgan fingerprint density at radius 2 is 2.11 bits per heavy atom. The van der Waals surface area contributed by atoms with Crippen LogP contribution >= 0.6 is 0 Å². The van der Waals surface area contributed by atoms with Crippen LogP contribution in [0.5, 0.6) is 0 Å². The van der Waals surface area contributed by atoms with Gasteiger partial charge in [-0.3, -0.25) is 4.98 Å². The molecule has 19 heavy (non-hydrogen) atoms. The molecule has 0 aliphatic carbocycles. The smallest absolute Gasteiger partial charge is 0.121 e. The van der Waals surface area contributed by atoms with Gasteiger partial charge < -0.3 is 9.73 Å². The molecule has 0 saturated heterocycles. The molecule has 0 spiro atoms. The number of rotatable bonds is 6. The van der Waals surface area contributed by atoms with Gasteiger partial charge in [-0.2, -0.15) is 0 Å². The second-order valence-corrected chi connectivity index (χ2v) is 5.09. The normalized spacial score (nSPS) is 11.2. The van der Waals surface area contributed by atoms with Gasteiger partial charge in [-0.1, -0.05) is 26.8 Å². The molecule has 0 aliphatic rings. The van der Waals surface area contributed by atoms with E-state index in [0.29, 0.717) is 6.04 Å². The summed E-state index contributed by atoms with van der Waals surface area (Å²) in [6, 6.07) is 6.74. The van der Waals surface area contributed by atoms with Crippen molar-refractivity contribution in [2.45, 2.75) is 46.2 Å². The lowest BCUT2D eigenvalue weighted by molar-refractivity contribution is 0.461. The molecule has 0 unspecified atom stereocenters.